The molecule has 0 aliphatic heterocycles. The lowest BCUT2D eigenvalue weighted by atomic mass is 9.88. The molecule has 0 bridgehead atoms. The Hall–Kier alpha value is -1.65. The van der Waals surface area contributed by atoms with Crippen LogP contribution in [-0.4, -0.2) is 24.0 Å². The maximum Gasteiger partial charge on any atom is 0.261 e. The van der Waals surface area contributed by atoms with Gasteiger partial charge >= 0.3 is 0 Å². The molecule has 0 aromatic heterocycles. The molecule has 0 saturated heterocycles. The fourth-order valence-electron chi connectivity index (χ4n) is 2.22. The second-order valence-electron chi connectivity index (χ2n) is 5.25. The Morgan fingerprint density at radius 1 is 1.45 bits per heavy atom. The number of nitrogens with one attached hydrogen (secondary N) is 1. The first kappa shape index (κ1) is 14.8. The number of ether oxygens (including phenoxy) is 1. The van der Waals surface area contributed by atoms with Gasteiger partial charge in [0.25, 0.3) is 11.8 Å². The van der Waals surface area contributed by atoms with E-state index in [1.807, 2.05) is 32.0 Å². The van der Waals surface area contributed by atoms with Gasteiger partial charge < -0.3 is 10.1 Å². The van der Waals surface area contributed by atoms with Crippen molar-refractivity contribution in [3.8, 4) is 5.75 Å². The van der Waals surface area contributed by atoms with Crippen molar-refractivity contribution >= 4 is 5.91 Å². The minimum Gasteiger partial charge on any atom is -0.480 e. The lowest BCUT2D eigenvalue weighted by Gasteiger charge is -2.36. The van der Waals surface area contributed by atoms with Crippen molar-refractivity contribution in [2.75, 3.05) is 0 Å². The number of amides is 1. The van der Waals surface area contributed by atoms with Crippen LogP contribution in [0.2, 0.25) is 0 Å². The highest BCUT2D eigenvalue weighted by Gasteiger charge is 2.46. The summed E-state index contributed by atoms with van der Waals surface area (Å²) < 4.78 is 31.2. The van der Waals surface area contributed by atoms with Crippen LogP contribution in [0.3, 0.4) is 0 Å². The minimum absolute atomic E-state index is 0.278. The number of carbonyl (C=O) groups is 1. The van der Waals surface area contributed by atoms with E-state index < -0.39 is 18.1 Å². The van der Waals surface area contributed by atoms with Gasteiger partial charge in [-0.25, -0.2) is 8.78 Å². The van der Waals surface area contributed by atoms with Crippen LogP contribution < -0.4 is 10.1 Å². The van der Waals surface area contributed by atoms with Crippen LogP contribution in [0.1, 0.15) is 31.7 Å². The largest absolute Gasteiger partial charge is 0.480 e. The van der Waals surface area contributed by atoms with E-state index in [1.165, 1.54) is 0 Å². The van der Waals surface area contributed by atoms with Gasteiger partial charge in [-0.2, -0.15) is 0 Å². The summed E-state index contributed by atoms with van der Waals surface area (Å²) in [6, 6.07) is 6.97. The molecule has 110 valence electrons. The van der Waals surface area contributed by atoms with E-state index in [4.69, 9.17) is 4.74 Å². The zero-order valence-electron chi connectivity index (χ0n) is 11.7. The van der Waals surface area contributed by atoms with Crippen molar-refractivity contribution in [2.45, 2.75) is 51.2 Å². The molecule has 5 heteroatoms. The Labute approximate surface area is 117 Å². The third-order valence-electron chi connectivity index (χ3n) is 3.46. The van der Waals surface area contributed by atoms with Gasteiger partial charge in [0.1, 0.15) is 5.75 Å². The van der Waals surface area contributed by atoms with Crippen LogP contribution in [0.25, 0.3) is 0 Å². The molecule has 0 radical (unpaired) electrons. The number of hydrogen-bond acceptors (Lipinski definition) is 2. The summed E-state index contributed by atoms with van der Waals surface area (Å²) in [6.45, 7) is 3.73. The number of para-hydroxylation sites is 1. The van der Waals surface area contributed by atoms with Crippen molar-refractivity contribution in [3.63, 3.8) is 0 Å². The van der Waals surface area contributed by atoms with Gasteiger partial charge in [-0.05, 0) is 25.0 Å². The first-order chi connectivity index (χ1) is 9.41. The molecular weight excluding hydrogens is 264 g/mol. The van der Waals surface area contributed by atoms with E-state index >= 15 is 0 Å². The molecule has 1 fully saturated rings. The zero-order chi connectivity index (χ0) is 14.8. The molecule has 1 aromatic rings. The van der Waals surface area contributed by atoms with Crippen LogP contribution in [-0.2, 0) is 4.79 Å². The predicted octanol–water partition coefficient (Wildman–Crippen LogP) is 3.07. The standard InChI is InChI=1S/C15H19F2NO2/c1-3-12(20-13-7-5-4-6-10(13)2)14(19)18-11-8-15(16,17)9-11/h4-7,11-12H,3,8-9H2,1-2H3,(H,18,19)/t12-/m0/s1. The first-order valence-electron chi connectivity index (χ1n) is 6.82. The Bertz CT molecular complexity index is 483. The molecule has 3 nitrogen and oxygen atoms in total. The highest BCUT2D eigenvalue weighted by Crippen LogP contribution is 2.37. The zero-order valence-corrected chi connectivity index (χ0v) is 11.7. The third-order valence-corrected chi connectivity index (χ3v) is 3.46. The second kappa shape index (κ2) is 5.77. The second-order valence-corrected chi connectivity index (χ2v) is 5.25. The molecule has 1 aliphatic rings. The van der Waals surface area contributed by atoms with E-state index in [1.54, 1.807) is 6.07 Å². The number of rotatable bonds is 5. The molecule has 1 aliphatic carbocycles. The van der Waals surface area contributed by atoms with Gasteiger partial charge in [-0.15, -0.1) is 0 Å². The quantitative estimate of drug-likeness (QED) is 0.902. The number of alkyl halides is 2. The van der Waals surface area contributed by atoms with Gasteiger partial charge in [0.2, 0.25) is 0 Å². The number of hydrogen-bond donors (Lipinski definition) is 1. The molecule has 2 rings (SSSR count). The summed E-state index contributed by atoms with van der Waals surface area (Å²) in [5.74, 6) is -2.30. The molecule has 0 spiro atoms. The summed E-state index contributed by atoms with van der Waals surface area (Å²) in [4.78, 5) is 12.0. The number of halogens is 2. The lowest BCUT2D eigenvalue weighted by molar-refractivity contribution is -0.135. The monoisotopic (exact) mass is 283 g/mol. The van der Waals surface area contributed by atoms with Gasteiger partial charge in [0, 0.05) is 18.9 Å². The summed E-state index contributed by atoms with van der Waals surface area (Å²) >= 11 is 0. The summed E-state index contributed by atoms with van der Waals surface area (Å²) in [6.07, 6.45) is -0.715. The Morgan fingerprint density at radius 2 is 2.10 bits per heavy atom. The van der Waals surface area contributed by atoms with Crippen molar-refractivity contribution in [1.82, 2.24) is 5.32 Å². The molecule has 1 atom stereocenters. The van der Waals surface area contributed by atoms with Crippen LogP contribution in [0, 0.1) is 6.92 Å². The van der Waals surface area contributed by atoms with Crippen molar-refractivity contribution < 1.29 is 18.3 Å². The van der Waals surface area contributed by atoms with Crippen LogP contribution in [0.5, 0.6) is 5.75 Å². The van der Waals surface area contributed by atoms with Crippen molar-refractivity contribution in [1.29, 1.82) is 0 Å². The van der Waals surface area contributed by atoms with Gasteiger partial charge in [0.05, 0.1) is 0 Å². The van der Waals surface area contributed by atoms with E-state index in [9.17, 15) is 13.6 Å². The summed E-state index contributed by atoms with van der Waals surface area (Å²) in [5.41, 5.74) is 0.939. The average Bonchev–Trinajstić information content (AvgIpc) is 2.35. The normalized spacial score (nSPS) is 19.0. The summed E-state index contributed by atoms with van der Waals surface area (Å²) in [7, 11) is 0. The van der Waals surface area contributed by atoms with Crippen LogP contribution >= 0.6 is 0 Å². The Balaban J connectivity index is 1.91. The maximum absolute atomic E-state index is 12.7. The Kier molecular flexibility index (Phi) is 4.26. The molecule has 1 N–H and O–H groups in total. The molecule has 0 heterocycles. The fourth-order valence-corrected chi connectivity index (χ4v) is 2.22. The van der Waals surface area contributed by atoms with Crippen LogP contribution in [0.15, 0.2) is 24.3 Å². The van der Waals surface area contributed by atoms with Crippen LogP contribution in [0.4, 0.5) is 8.78 Å². The molecule has 1 saturated carbocycles. The Morgan fingerprint density at radius 3 is 2.65 bits per heavy atom. The first-order valence-corrected chi connectivity index (χ1v) is 6.82. The van der Waals surface area contributed by atoms with E-state index in [-0.39, 0.29) is 18.7 Å². The smallest absolute Gasteiger partial charge is 0.261 e. The minimum atomic E-state index is -2.63. The molecule has 1 amide bonds. The topological polar surface area (TPSA) is 38.3 Å². The van der Waals surface area contributed by atoms with Gasteiger partial charge in [-0.1, -0.05) is 25.1 Å². The number of carbonyl (C=O) groups excluding carboxylic acids is 1. The molecule has 20 heavy (non-hydrogen) atoms. The van der Waals surface area contributed by atoms with Gasteiger partial charge in [-0.3, -0.25) is 4.79 Å². The lowest BCUT2D eigenvalue weighted by Crippen LogP contribution is -2.53. The third kappa shape index (κ3) is 3.46. The van der Waals surface area contributed by atoms with E-state index in [2.05, 4.69) is 5.32 Å². The highest BCUT2D eigenvalue weighted by molar-refractivity contribution is 5.81. The molecule has 1 aromatic carbocycles. The van der Waals surface area contributed by atoms with E-state index in [0.29, 0.717) is 12.2 Å². The average molecular weight is 283 g/mol. The number of benzene rings is 1. The van der Waals surface area contributed by atoms with Crippen molar-refractivity contribution in [3.05, 3.63) is 29.8 Å². The fraction of sp³-hybridized carbons (Fsp3) is 0.533. The molecule has 0 unspecified atom stereocenters. The van der Waals surface area contributed by atoms with Crippen molar-refractivity contribution in [2.24, 2.45) is 0 Å². The molecular formula is C15H19F2NO2. The summed E-state index contributed by atoms with van der Waals surface area (Å²) in [5, 5.41) is 2.62. The number of aryl methyl sites for hydroxylation is 1. The SMILES string of the molecule is CC[C@H](Oc1ccccc1C)C(=O)NC1CC(F)(F)C1. The van der Waals surface area contributed by atoms with Gasteiger partial charge in [0.15, 0.2) is 6.10 Å². The van der Waals surface area contributed by atoms with E-state index in [0.717, 1.165) is 5.56 Å². The maximum atomic E-state index is 12.7. The predicted molar refractivity (Wildman–Crippen MR) is 72.0 cm³/mol. The highest BCUT2D eigenvalue weighted by atomic mass is 19.3.